The van der Waals surface area contributed by atoms with Crippen molar-refractivity contribution in [3.63, 3.8) is 0 Å². The quantitative estimate of drug-likeness (QED) is 0.539. The first-order chi connectivity index (χ1) is 4.33. The van der Waals surface area contributed by atoms with Gasteiger partial charge < -0.3 is 9.80 Å². The number of piperazine rings is 1. The molecule has 1 aliphatic rings. The Bertz CT molecular complexity index is 75.3. The van der Waals surface area contributed by atoms with Crippen LogP contribution >= 0.6 is 0 Å². The smallest absolute Gasteiger partial charge is 0.0110 e. The average molecular weight is 144 g/mol. The maximum atomic E-state index is 2.49. The molecule has 62 valence electrons. The molecule has 0 saturated carbocycles. The van der Waals surface area contributed by atoms with Crippen LogP contribution < -0.4 is 0 Å². The molecule has 0 radical (unpaired) electrons. The number of hydrogen-bond donors (Lipinski definition) is 0. The van der Waals surface area contributed by atoms with Crippen LogP contribution in [-0.2, 0) is 0 Å². The summed E-state index contributed by atoms with van der Waals surface area (Å²) in [6.45, 7) is 8.45. The second-order valence-corrected chi connectivity index (χ2v) is 2.74. The zero-order valence-corrected chi connectivity index (χ0v) is 6.43. The van der Waals surface area contributed by atoms with E-state index in [-0.39, 0.29) is 7.43 Å². The van der Waals surface area contributed by atoms with Crippen molar-refractivity contribution in [2.75, 3.05) is 39.8 Å². The van der Waals surface area contributed by atoms with Crippen LogP contribution in [0.3, 0.4) is 0 Å². The molecule has 0 atom stereocenters. The Morgan fingerprint density at radius 2 is 1.60 bits per heavy atom. The Balaban J connectivity index is 0.000000810. The summed E-state index contributed by atoms with van der Waals surface area (Å²) >= 11 is 0. The molecule has 0 aromatic heterocycles. The molecule has 0 unspecified atom stereocenters. The highest BCUT2D eigenvalue weighted by Crippen LogP contribution is 1.96. The van der Waals surface area contributed by atoms with Gasteiger partial charge in [0.2, 0.25) is 0 Å². The fourth-order valence-corrected chi connectivity index (χ4v) is 1.16. The minimum absolute atomic E-state index is 0. The number of rotatable bonds is 1. The Morgan fingerprint density at radius 3 is 2.00 bits per heavy atom. The minimum Gasteiger partial charge on any atom is -0.304 e. The highest BCUT2D eigenvalue weighted by atomic mass is 15.2. The summed E-state index contributed by atoms with van der Waals surface area (Å²) in [4.78, 5) is 4.87. The molecule has 2 nitrogen and oxygen atoms in total. The minimum atomic E-state index is 0. The lowest BCUT2D eigenvalue weighted by Crippen LogP contribution is -2.44. The van der Waals surface area contributed by atoms with Crippen LogP contribution in [-0.4, -0.2) is 49.6 Å². The van der Waals surface area contributed by atoms with E-state index in [4.69, 9.17) is 0 Å². The van der Waals surface area contributed by atoms with E-state index in [9.17, 15) is 0 Å². The van der Waals surface area contributed by atoms with Gasteiger partial charge in [0.25, 0.3) is 0 Å². The van der Waals surface area contributed by atoms with Crippen molar-refractivity contribution in [1.82, 2.24) is 9.80 Å². The molecule has 0 aliphatic carbocycles. The van der Waals surface area contributed by atoms with Gasteiger partial charge in [-0.15, -0.1) is 0 Å². The summed E-state index contributed by atoms with van der Waals surface area (Å²) in [7, 11) is 2.19. The van der Waals surface area contributed by atoms with E-state index in [1.807, 2.05) is 0 Å². The Labute approximate surface area is 64.8 Å². The average Bonchev–Trinajstić information content (AvgIpc) is 1.90. The van der Waals surface area contributed by atoms with Crippen LogP contribution in [0.5, 0.6) is 0 Å². The van der Waals surface area contributed by atoms with Crippen molar-refractivity contribution >= 4 is 0 Å². The largest absolute Gasteiger partial charge is 0.304 e. The zero-order chi connectivity index (χ0) is 6.69. The van der Waals surface area contributed by atoms with Gasteiger partial charge in [0.05, 0.1) is 0 Å². The molecule has 1 aliphatic heterocycles. The molecule has 0 aromatic carbocycles. The monoisotopic (exact) mass is 144 g/mol. The van der Waals surface area contributed by atoms with Crippen LogP contribution in [0.15, 0.2) is 0 Å². The molecule has 0 bridgehead atoms. The third-order valence-corrected chi connectivity index (χ3v) is 2.04. The van der Waals surface area contributed by atoms with Crippen molar-refractivity contribution < 1.29 is 0 Å². The predicted molar refractivity (Wildman–Crippen MR) is 46.3 cm³/mol. The molecule has 0 aromatic rings. The first kappa shape index (κ1) is 9.92. The van der Waals surface area contributed by atoms with Crippen molar-refractivity contribution in [1.29, 1.82) is 0 Å². The van der Waals surface area contributed by atoms with E-state index in [0.29, 0.717) is 0 Å². The zero-order valence-electron chi connectivity index (χ0n) is 6.43. The number of hydrogen-bond acceptors (Lipinski definition) is 2. The SMILES string of the molecule is C.CCN1CCN(C)CC1. The summed E-state index contributed by atoms with van der Waals surface area (Å²) in [5, 5.41) is 0. The summed E-state index contributed by atoms with van der Waals surface area (Å²) in [5.41, 5.74) is 0. The summed E-state index contributed by atoms with van der Waals surface area (Å²) in [6, 6.07) is 0. The summed E-state index contributed by atoms with van der Waals surface area (Å²) < 4.78 is 0. The molecule has 1 rings (SSSR count). The maximum Gasteiger partial charge on any atom is 0.0110 e. The van der Waals surface area contributed by atoms with Crippen molar-refractivity contribution in [2.24, 2.45) is 0 Å². The van der Waals surface area contributed by atoms with Crippen LogP contribution in [0, 0.1) is 0 Å². The van der Waals surface area contributed by atoms with E-state index in [1.54, 1.807) is 0 Å². The van der Waals surface area contributed by atoms with Gasteiger partial charge >= 0.3 is 0 Å². The van der Waals surface area contributed by atoms with E-state index >= 15 is 0 Å². The van der Waals surface area contributed by atoms with E-state index < -0.39 is 0 Å². The van der Waals surface area contributed by atoms with Gasteiger partial charge in [-0.05, 0) is 13.6 Å². The molecule has 2 heteroatoms. The van der Waals surface area contributed by atoms with E-state index in [1.165, 1.54) is 32.7 Å². The number of likely N-dealkylation sites (N-methyl/N-ethyl adjacent to an activating group) is 2. The molecule has 10 heavy (non-hydrogen) atoms. The Morgan fingerprint density at radius 1 is 1.10 bits per heavy atom. The van der Waals surface area contributed by atoms with Crippen LogP contribution in [0.2, 0.25) is 0 Å². The van der Waals surface area contributed by atoms with Crippen LogP contribution in [0.25, 0.3) is 0 Å². The summed E-state index contributed by atoms with van der Waals surface area (Å²) in [6.07, 6.45) is 0. The van der Waals surface area contributed by atoms with Gasteiger partial charge in [-0.3, -0.25) is 0 Å². The lowest BCUT2D eigenvalue weighted by molar-refractivity contribution is 0.160. The Kier molecular flexibility index (Phi) is 4.65. The van der Waals surface area contributed by atoms with Gasteiger partial charge in [0.15, 0.2) is 0 Å². The molecule has 1 heterocycles. The Hall–Kier alpha value is -0.0800. The van der Waals surface area contributed by atoms with Crippen molar-refractivity contribution in [3.05, 3.63) is 0 Å². The molecule has 0 spiro atoms. The predicted octanol–water partition coefficient (Wildman–Crippen LogP) is 0.890. The highest BCUT2D eigenvalue weighted by molar-refractivity contribution is 4.66. The maximum absolute atomic E-state index is 2.49. The molecule has 0 N–H and O–H groups in total. The van der Waals surface area contributed by atoms with E-state index in [0.717, 1.165) is 0 Å². The third-order valence-electron chi connectivity index (χ3n) is 2.04. The van der Waals surface area contributed by atoms with E-state index in [2.05, 4.69) is 23.8 Å². The standard InChI is InChI=1S/C7H16N2.CH4/c1-3-9-6-4-8(2)5-7-9;/h3-7H2,1-2H3;1H4. The van der Waals surface area contributed by atoms with Crippen LogP contribution in [0.4, 0.5) is 0 Å². The van der Waals surface area contributed by atoms with Crippen LogP contribution in [0.1, 0.15) is 14.4 Å². The fraction of sp³-hybridized carbons (Fsp3) is 1.00. The third kappa shape index (κ3) is 2.67. The molecular formula is C8H20N2. The molecular weight excluding hydrogens is 124 g/mol. The normalized spacial score (nSPS) is 22.2. The highest BCUT2D eigenvalue weighted by Gasteiger charge is 2.10. The lowest BCUT2D eigenvalue weighted by atomic mass is 10.3. The second kappa shape index (κ2) is 4.69. The van der Waals surface area contributed by atoms with Gasteiger partial charge in [-0.25, -0.2) is 0 Å². The summed E-state index contributed by atoms with van der Waals surface area (Å²) in [5.74, 6) is 0. The fourth-order valence-electron chi connectivity index (χ4n) is 1.16. The molecule has 1 saturated heterocycles. The molecule has 0 amide bonds. The number of nitrogens with zero attached hydrogens (tertiary/aromatic N) is 2. The second-order valence-electron chi connectivity index (χ2n) is 2.74. The van der Waals surface area contributed by atoms with Gasteiger partial charge in [0, 0.05) is 26.2 Å². The topological polar surface area (TPSA) is 6.48 Å². The van der Waals surface area contributed by atoms with Gasteiger partial charge in [-0.2, -0.15) is 0 Å². The first-order valence-corrected chi connectivity index (χ1v) is 3.74. The van der Waals surface area contributed by atoms with Gasteiger partial charge in [-0.1, -0.05) is 14.4 Å². The first-order valence-electron chi connectivity index (χ1n) is 3.74. The van der Waals surface area contributed by atoms with Crippen molar-refractivity contribution in [3.8, 4) is 0 Å². The lowest BCUT2D eigenvalue weighted by Gasteiger charge is -2.31. The molecule has 1 fully saturated rings. The van der Waals surface area contributed by atoms with Crippen molar-refractivity contribution in [2.45, 2.75) is 14.4 Å². The van der Waals surface area contributed by atoms with Gasteiger partial charge in [0.1, 0.15) is 0 Å².